The van der Waals surface area contributed by atoms with E-state index in [1.165, 1.54) is 0 Å². The van der Waals surface area contributed by atoms with E-state index in [1.807, 2.05) is 12.1 Å². The third-order valence-electron chi connectivity index (χ3n) is 1.24. The molecule has 0 atom stereocenters. The molecule has 0 amide bonds. The second kappa shape index (κ2) is 4.25. The lowest BCUT2D eigenvalue weighted by Crippen LogP contribution is -1.92. The Morgan fingerprint density at radius 2 is 2.08 bits per heavy atom. The first-order valence-electron chi connectivity index (χ1n) is 2.98. The van der Waals surface area contributed by atoms with Crippen molar-refractivity contribution in [3.63, 3.8) is 0 Å². The second-order valence-corrected chi connectivity index (χ2v) is 4.14. The fourth-order valence-electron chi connectivity index (χ4n) is 0.709. The summed E-state index contributed by atoms with van der Waals surface area (Å²) in [5.74, 6) is 0. The minimum absolute atomic E-state index is 0.0585. The molecule has 5 heteroatoms. The number of rotatable bonds is 1. The molecule has 0 aliphatic heterocycles. The van der Waals surface area contributed by atoms with E-state index in [4.69, 9.17) is 16.8 Å². The van der Waals surface area contributed by atoms with E-state index >= 15 is 0 Å². The molecule has 0 saturated carbocycles. The lowest BCUT2D eigenvalue weighted by molar-refractivity contribution is 0.321. The monoisotopic (exact) mass is 311 g/mol. The summed E-state index contributed by atoms with van der Waals surface area (Å²) in [7, 11) is 0. The molecule has 64 valence electrons. The summed E-state index contributed by atoms with van der Waals surface area (Å²) in [5, 5.41) is 11.4. The quantitative estimate of drug-likeness (QED) is 0.480. The fourth-order valence-corrected chi connectivity index (χ4v) is 1.78. The van der Waals surface area contributed by atoms with Crippen LogP contribution in [-0.2, 0) is 0 Å². The third-order valence-corrected chi connectivity index (χ3v) is 2.70. The van der Waals surface area contributed by atoms with Crippen molar-refractivity contribution in [3.8, 4) is 0 Å². The molecule has 0 aliphatic rings. The molecule has 0 aliphatic carbocycles. The molecule has 0 radical (unpaired) electrons. The van der Waals surface area contributed by atoms with Crippen molar-refractivity contribution in [1.82, 2.24) is 0 Å². The van der Waals surface area contributed by atoms with Gasteiger partial charge in [0.1, 0.15) is 0 Å². The van der Waals surface area contributed by atoms with Gasteiger partial charge in [-0.3, -0.25) is 0 Å². The highest BCUT2D eigenvalue weighted by atomic mass is 79.9. The highest BCUT2D eigenvalue weighted by Gasteiger charge is 2.05. The Kier molecular flexibility index (Phi) is 3.55. The fraction of sp³-hybridized carbons (Fsp3) is 0. The van der Waals surface area contributed by atoms with Crippen LogP contribution in [-0.4, -0.2) is 10.4 Å². The largest absolute Gasteiger partial charge is 0.410 e. The number of hydrogen-bond donors (Lipinski definition) is 1. The van der Waals surface area contributed by atoms with Crippen molar-refractivity contribution in [2.75, 3.05) is 0 Å². The Morgan fingerprint density at radius 1 is 1.42 bits per heavy atom. The zero-order chi connectivity index (χ0) is 9.14. The maximum Gasteiger partial charge on any atom is 0.176 e. The molecular formula is C7H4Br2ClNO. The lowest BCUT2D eigenvalue weighted by Gasteiger charge is -2.00. The Morgan fingerprint density at radius 3 is 2.67 bits per heavy atom. The van der Waals surface area contributed by atoms with Gasteiger partial charge in [-0.1, -0.05) is 48.6 Å². The topological polar surface area (TPSA) is 32.6 Å². The molecular weight excluding hydrogens is 309 g/mol. The number of nitrogens with zero attached hydrogens (tertiary/aromatic N) is 1. The van der Waals surface area contributed by atoms with Gasteiger partial charge >= 0.3 is 0 Å². The lowest BCUT2D eigenvalue weighted by atomic mass is 10.2. The van der Waals surface area contributed by atoms with Crippen molar-refractivity contribution in [2.24, 2.45) is 5.16 Å². The molecule has 0 saturated heterocycles. The van der Waals surface area contributed by atoms with Crippen molar-refractivity contribution in [1.29, 1.82) is 0 Å². The summed E-state index contributed by atoms with van der Waals surface area (Å²) in [6, 6.07) is 5.42. The summed E-state index contributed by atoms with van der Waals surface area (Å²) in [4.78, 5) is 0. The predicted molar refractivity (Wildman–Crippen MR) is 56.0 cm³/mol. The second-order valence-electron chi connectivity index (χ2n) is 2.01. The first-order chi connectivity index (χ1) is 5.65. The molecule has 0 fully saturated rings. The van der Waals surface area contributed by atoms with Crippen LogP contribution in [0.1, 0.15) is 5.56 Å². The number of benzene rings is 1. The van der Waals surface area contributed by atoms with Gasteiger partial charge in [0, 0.05) is 14.5 Å². The summed E-state index contributed by atoms with van der Waals surface area (Å²) in [6.07, 6.45) is 0. The molecule has 12 heavy (non-hydrogen) atoms. The Hall–Kier alpha value is -0.0600. The molecule has 1 aromatic carbocycles. The summed E-state index contributed by atoms with van der Waals surface area (Å²) in [6.45, 7) is 0. The molecule has 1 aromatic rings. The van der Waals surface area contributed by atoms with E-state index in [2.05, 4.69) is 37.0 Å². The Balaban J connectivity index is 3.23. The standard InChI is InChI=1S/C7H4Br2ClNO/c8-4-1-2-6(9)5(3-4)7(10)11-12/h1-3,12H/b11-7+. The molecule has 0 aromatic heterocycles. The van der Waals surface area contributed by atoms with Crippen molar-refractivity contribution in [3.05, 3.63) is 32.7 Å². The van der Waals surface area contributed by atoms with Crippen molar-refractivity contribution in [2.45, 2.75) is 0 Å². The van der Waals surface area contributed by atoms with Crippen LogP contribution in [0.3, 0.4) is 0 Å². The van der Waals surface area contributed by atoms with E-state index in [9.17, 15) is 0 Å². The molecule has 1 rings (SSSR count). The van der Waals surface area contributed by atoms with Crippen LogP contribution >= 0.6 is 43.5 Å². The summed E-state index contributed by atoms with van der Waals surface area (Å²) >= 11 is 12.2. The molecule has 2 nitrogen and oxygen atoms in total. The zero-order valence-corrected chi connectivity index (χ0v) is 9.69. The molecule has 0 heterocycles. The van der Waals surface area contributed by atoms with Crippen LogP contribution in [0.5, 0.6) is 0 Å². The molecule has 0 unspecified atom stereocenters. The zero-order valence-electron chi connectivity index (χ0n) is 5.76. The first kappa shape index (κ1) is 10.0. The van der Waals surface area contributed by atoms with E-state index in [1.54, 1.807) is 6.07 Å². The molecule has 0 spiro atoms. The highest BCUT2D eigenvalue weighted by Crippen LogP contribution is 2.23. The van der Waals surface area contributed by atoms with Gasteiger partial charge in [0.25, 0.3) is 0 Å². The van der Waals surface area contributed by atoms with E-state index in [0.29, 0.717) is 5.56 Å². The number of oxime groups is 1. The maximum absolute atomic E-state index is 8.42. The summed E-state index contributed by atoms with van der Waals surface area (Å²) in [5.41, 5.74) is 0.647. The van der Waals surface area contributed by atoms with Gasteiger partial charge in [0.15, 0.2) is 5.17 Å². The third kappa shape index (κ3) is 2.21. The van der Waals surface area contributed by atoms with Gasteiger partial charge in [-0.25, -0.2) is 0 Å². The van der Waals surface area contributed by atoms with Crippen molar-refractivity contribution >= 4 is 48.6 Å². The first-order valence-corrected chi connectivity index (χ1v) is 4.94. The minimum atomic E-state index is 0.0585. The van der Waals surface area contributed by atoms with Crippen LogP contribution in [0.4, 0.5) is 0 Å². The van der Waals surface area contributed by atoms with E-state index in [-0.39, 0.29) is 5.17 Å². The normalized spacial score (nSPS) is 11.8. The SMILES string of the molecule is O/N=C(/Cl)c1cc(Br)ccc1Br. The van der Waals surface area contributed by atoms with Crippen LogP contribution in [0.15, 0.2) is 32.3 Å². The average Bonchev–Trinajstić information content (AvgIpc) is 2.08. The van der Waals surface area contributed by atoms with Gasteiger partial charge in [-0.2, -0.15) is 0 Å². The molecule has 1 N–H and O–H groups in total. The van der Waals surface area contributed by atoms with Gasteiger partial charge in [0.05, 0.1) is 0 Å². The van der Waals surface area contributed by atoms with E-state index < -0.39 is 0 Å². The smallest absolute Gasteiger partial charge is 0.176 e. The van der Waals surface area contributed by atoms with E-state index in [0.717, 1.165) is 8.95 Å². The van der Waals surface area contributed by atoms with Crippen LogP contribution in [0, 0.1) is 0 Å². The number of halogens is 3. The Bertz CT molecular complexity index is 327. The van der Waals surface area contributed by atoms with Crippen molar-refractivity contribution < 1.29 is 5.21 Å². The van der Waals surface area contributed by atoms with Gasteiger partial charge in [0.2, 0.25) is 0 Å². The van der Waals surface area contributed by atoms with Gasteiger partial charge < -0.3 is 5.21 Å². The van der Waals surface area contributed by atoms with Gasteiger partial charge in [-0.15, -0.1) is 0 Å². The maximum atomic E-state index is 8.42. The molecule has 0 bridgehead atoms. The Labute approximate surface area is 91.5 Å². The van der Waals surface area contributed by atoms with Crippen LogP contribution in [0.25, 0.3) is 0 Å². The predicted octanol–water partition coefficient (Wildman–Crippen LogP) is 3.59. The average molecular weight is 313 g/mol. The van der Waals surface area contributed by atoms with Gasteiger partial charge in [-0.05, 0) is 18.2 Å². The number of hydrogen-bond acceptors (Lipinski definition) is 2. The highest BCUT2D eigenvalue weighted by molar-refractivity contribution is 9.11. The minimum Gasteiger partial charge on any atom is -0.410 e. The van der Waals surface area contributed by atoms with Crippen LogP contribution in [0.2, 0.25) is 0 Å². The summed E-state index contributed by atoms with van der Waals surface area (Å²) < 4.78 is 1.66. The van der Waals surface area contributed by atoms with Crippen LogP contribution < -0.4 is 0 Å².